The van der Waals surface area contributed by atoms with E-state index in [0.717, 1.165) is 31.2 Å². The van der Waals surface area contributed by atoms with E-state index in [1.54, 1.807) is 7.11 Å². The van der Waals surface area contributed by atoms with Crippen molar-refractivity contribution in [1.82, 2.24) is 10.6 Å². The maximum atomic E-state index is 5.47. The van der Waals surface area contributed by atoms with Crippen LogP contribution in [0.5, 0.6) is 5.75 Å². The second kappa shape index (κ2) is 6.92. The molecule has 1 atom stereocenters. The minimum absolute atomic E-state index is 0.807. The molecule has 1 aromatic carbocycles. The molecule has 19 heavy (non-hydrogen) atoms. The van der Waals surface area contributed by atoms with Crippen molar-refractivity contribution >= 4 is 0 Å². The van der Waals surface area contributed by atoms with E-state index in [1.807, 2.05) is 0 Å². The van der Waals surface area contributed by atoms with Gasteiger partial charge in [0.1, 0.15) is 5.75 Å². The van der Waals surface area contributed by atoms with Crippen molar-refractivity contribution in [2.24, 2.45) is 5.92 Å². The van der Waals surface area contributed by atoms with Crippen molar-refractivity contribution in [2.75, 3.05) is 33.3 Å². The highest BCUT2D eigenvalue weighted by Gasteiger charge is 2.13. The Balaban J connectivity index is 1.82. The summed E-state index contributed by atoms with van der Waals surface area (Å²) in [4.78, 5) is 0. The fourth-order valence-electron chi connectivity index (χ4n) is 2.65. The molecule has 0 radical (unpaired) electrons. The highest BCUT2D eigenvalue weighted by atomic mass is 16.5. The third kappa shape index (κ3) is 3.95. The van der Waals surface area contributed by atoms with Crippen LogP contribution in [0.3, 0.4) is 0 Å². The van der Waals surface area contributed by atoms with E-state index in [9.17, 15) is 0 Å². The Morgan fingerprint density at radius 1 is 1.32 bits per heavy atom. The molecule has 0 bridgehead atoms. The largest absolute Gasteiger partial charge is 0.496 e. The molecule has 0 amide bonds. The molecule has 1 heterocycles. The van der Waals surface area contributed by atoms with Crippen LogP contribution in [0.15, 0.2) is 12.1 Å². The molecule has 106 valence electrons. The van der Waals surface area contributed by atoms with Crippen LogP contribution in [0.2, 0.25) is 0 Å². The smallest absolute Gasteiger partial charge is 0.122 e. The summed E-state index contributed by atoms with van der Waals surface area (Å²) in [5.41, 5.74) is 3.95. The zero-order chi connectivity index (χ0) is 13.7. The maximum absolute atomic E-state index is 5.47. The maximum Gasteiger partial charge on any atom is 0.122 e. The summed E-state index contributed by atoms with van der Waals surface area (Å²) in [6.45, 7) is 8.79. The van der Waals surface area contributed by atoms with E-state index >= 15 is 0 Å². The van der Waals surface area contributed by atoms with E-state index in [1.165, 1.54) is 36.2 Å². The van der Waals surface area contributed by atoms with Gasteiger partial charge in [-0.25, -0.2) is 0 Å². The molecule has 1 fully saturated rings. The van der Waals surface area contributed by atoms with Gasteiger partial charge in [-0.1, -0.05) is 6.07 Å². The molecule has 3 heteroatoms. The first kappa shape index (κ1) is 14.4. The van der Waals surface area contributed by atoms with Gasteiger partial charge in [0.25, 0.3) is 0 Å². The number of methoxy groups -OCH3 is 1. The molecule has 0 spiro atoms. The lowest BCUT2D eigenvalue weighted by molar-refractivity contribution is 0.408. The van der Waals surface area contributed by atoms with Crippen LogP contribution in [0.25, 0.3) is 0 Å². The first-order valence-electron chi connectivity index (χ1n) is 7.26. The summed E-state index contributed by atoms with van der Waals surface area (Å²) in [5.74, 6) is 1.83. The standard InChI is InChI=1S/C16H26N2O/c1-12-8-15(16(19-3)9-13(12)2)5-7-18-11-14-4-6-17-10-14/h8-9,14,17-18H,4-7,10-11H2,1-3H3. The predicted octanol–water partition coefficient (Wildman–Crippen LogP) is 2.05. The average Bonchev–Trinajstić information content (AvgIpc) is 2.91. The van der Waals surface area contributed by atoms with Crippen molar-refractivity contribution in [3.8, 4) is 5.75 Å². The lowest BCUT2D eigenvalue weighted by Gasteiger charge is -2.13. The van der Waals surface area contributed by atoms with E-state index < -0.39 is 0 Å². The van der Waals surface area contributed by atoms with Gasteiger partial charge in [0, 0.05) is 0 Å². The van der Waals surface area contributed by atoms with Crippen molar-refractivity contribution < 1.29 is 4.74 Å². The Morgan fingerprint density at radius 2 is 2.11 bits per heavy atom. The lowest BCUT2D eigenvalue weighted by atomic mass is 10.0. The van der Waals surface area contributed by atoms with Crippen molar-refractivity contribution in [3.05, 3.63) is 28.8 Å². The van der Waals surface area contributed by atoms with Gasteiger partial charge < -0.3 is 15.4 Å². The summed E-state index contributed by atoms with van der Waals surface area (Å²) < 4.78 is 5.47. The molecule has 1 aliphatic rings. The zero-order valence-corrected chi connectivity index (χ0v) is 12.4. The molecule has 3 nitrogen and oxygen atoms in total. The summed E-state index contributed by atoms with van der Waals surface area (Å²) >= 11 is 0. The Labute approximate surface area is 116 Å². The topological polar surface area (TPSA) is 33.3 Å². The Morgan fingerprint density at radius 3 is 2.79 bits per heavy atom. The minimum Gasteiger partial charge on any atom is -0.496 e. The van der Waals surface area contributed by atoms with Crippen molar-refractivity contribution in [2.45, 2.75) is 26.7 Å². The molecule has 1 aromatic rings. The van der Waals surface area contributed by atoms with E-state index in [-0.39, 0.29) is 0 Å². The van der Waals surface area contributed by atoms with Crippen LogP contribution in [-0.2, 0) is 6.42 Å². The fourth-order valence-corrected chi connectivity index (χ4v) is 2.65. The van der Waals surface area contributed by atoms with Crippen LogP contribution in [0.1, 0.15) is 23.1 Å². The molecule has 1 saturated heterocycles. The quantitative estimate of drug-likeness (QED) is 0.770. The van der Waals surface area contributed by atoms with Crippen LogP contribution in [0, 0.1) is 19.8 Å². The SMILES string of the molecule is COc1cc(C)c(C)cc1CCNCC1CCNC1. The fraction of sp³-hybridized carbons (Fsp3) is 0.625. The van der Waals surface area contributed by atoms with Gasteiger partial charge in [-0.2, -0.15) is 0 Å². The van der Waals surface area contributed by atoms with E-state index in [4.69, 9.17) is 4.74 Å². The predicted molar refractivity (Wildman–Crippen MR) is 80.0 cm³/mol. The lowest BCUT2D eigenvalue weighted by Crippen LogP contribution is -2.26. The van der Waals surface area contributed by atoms with Gasteiger partial charge in [-0.3, -0.25) is 0 Å². The highest BCUT2D eigenvalue weighted by Crippen LogP contribution is 2.23. The molecule has 2 rings (SSSR count). The monoisotopic (exact) mass is 262 g/mol. The third-order valence-electron chi connectivity index (χ3n) is 4.06. The number of nitrogens with one attached hydrogen (secondary N) is 2. The molecular formula is C16H26N2O. The number of ether oxygens (including phenoxy) is 1. The molecule has 1 unspecified atom stereocenters. The summed E-state index contributed by atoms with van der Waals surface area (Å²) in [6.07, 6.45) is 2.34. The van der Waals surface area contributed by atoms with Crippen molar-refractivity contribution in [3.63, 3.8) is 0 Å². The number of hydrogen-bond acceptors (Lipinski definition) is 3. The molecular weight excluding hydrogens is 236 g/mol. The number of rotatable bonds is 6. The third-order valence-corrected chi connectivity index (χ3v) is 4.06. The second-order valence-corrected chi connectivity index (χ2v) is 5.56. The second-order valence-electron chi connectivity index (χ2n) is 5.56. The highest BCUT2D eigenvalue weighted by molar-refractivity contribution is 5.41. The Bertz CT molecular complexity index is 411. The molecule has 0 aromatic heterocycles. The van der Waals surface area contributed by atoms with E-state index in [0.29, 0.717) is 0 Å². The van der Waals surface area contributed by atoms with Gasteiger partial charge in [-0.15, -0.1) is 0 Å². The first-order valence-corrected chi connectivity index (χ1v) is 7.26. The van der Waals surface area contributed by atoms with E-state index in [2.05, 4.69) is 36.6 Å². The minimum atomic E-state index is 0.807. The van der Waals surface area contributed by atoms with Crippen LogP contribution >= 0.6 is 0 Å². The van der Waals surface area contributed by atoms with Gasteiger partial charge in [0.2, 0.25) is 0 Å². The van der Waals surface area contributed by atoms with Crippen LogP contribution in [-0.4, -0.2) is 33.3 Å². The number of benzene rings is 1. The number of aryl methyl sites for hydroxylation is 2. The average molecular weight is 262 g/mol. The first-order chi connectivity index (χ1) is 9.20. The Hall–Kier alpha value is -1.06. The molecule has 0 saturated carbocycles. The zero-order valence-electron chi connectivity index (χ0n) is 12.4. The normalized spacial score (nSPS) is 18.8. The summed E-state index contributed by atoms with van der Waals surface area (Å²) in [7, 11) is 1.76. The van der Waals surface area contributed by atoms with Gasteiger partial charge in [0.05, 0.1) is 7.11 Å². The van der Waals surface area contributed by atoms with Gasteiger partial charge in [0.15, 0.2) is 0 Å². The van der Waals surface area contributed by atoms with Gasteiger partial charge in [-0.05, 0) is 81.5 Å². The number of hydrogen-bond donors (Lipinski definition) is 2. The van der Waals surface area contributed by atoms with Crippen LogP contribution in [0.4, 0.5) is 0 Å². The van der Waals surface area contributed by atoms with Crippen molar-refractivity contribution in [1.29, 1.82) is 0 Å². The molecule has 0 aliphatic carbocycles. The van der Waals surface area contributed by atoms with Gasteiger partial charge >= 0.3 is 0 Å². The Kier molecular flexibility index (Phi) is 5.23. The molecule has 1 aliphatic heterocycles. The summed E-state index contributed by atoms with van der Waals surface area (Å²) in [6, 6.07) is 4.40. The van der Waals surface area contributed by atoms with Crippen LogP contribution < -0.4 is 15.4 Å². The summed E-state index contributed by atoms with van der Waals surface area (Å²) in [5, 5.41) is 6.97. The molecule has 2 N–H and O–H groups in total.